The highest BCUT2D eigenvalue weighted by molar-refractivity contribution is 5.97. The van der Waals surface area contributed by atoms with E-state index in [9.17, 15) is 53.4 Å². The van der Waals surface area contributed by atoms with Crippen molar-refractivity contribution in [2.75, 3.05) is 26.2 Å². The van der Waals surface area contributed by atoms with Crippen molar-refractivity contribution in [3.63, 3.8) is 0 Å². The highest BCUT2D eigenvalue weighted by atomic mass is 16.4. The zero-order valence-electron chi connectivity index (χ0n) is 35.4. The summed E-state index contributed by atoms with van der Waals surface area (Å²) in [4.78, 5) is 122. The molecule has 0 aliphatic carbocycles. The Morgan fingerprint density at radius 2 is 1.38 bits per heavy atom. The molecule has 0 aromatic heterocycles. The average molecular weight is 870 g/mol. The molecule has 1 fully saturated rings. The van der Waals surface area contributed by atoms with Crippen molar-refractivity contribution in [2.45, 2.75) is 140 Å². The summed E-state index contributed by atoms with van der Waals surface area (Å²) in [5.41, 5.74) is 27.7. The monoisotopic (exact) mass is 870 g/mol. The largest absolute Gasteiger partial charge is 0.480 e. The molecule has 346 valence electrons. The first-order chi connectivity index (χ1) is 28.6. The van der Waals surface area contributed by atoms with Crippen LogP contribution < -0.4 is 60.6 Å². The van der Waals surface area contributed by atoms with Crippen LogP contribution in [0.15, 0.2) is 4.99 Å². The maximum absolute atomic E-state index is 13.9. The number of nitrogens with zero attached hydrogens (tertiary/aromatic N) is 2. The molecule has 24 nitrogen and oxygen atoms in total. The summed E-state index contributed by atoms with van der Waals surface area (Å²) in [7, 11) is 0. The van der Waals surface area contributed by atoms with Gasteiger partial charge in [-0.1, -0.05) is 26.7 Å². The summed E-state index contributed by atoms with van der Waals surface area (Å²) in [5.74, 6) is -8.51. The minimum absolute atomic E-state index is 0.0571. The zero-order valence-corrected chi connectivity index (χ0v) is 35.4. The number of hydrogen-bond acceptors (Lipinski definition) is 13. The van der Waals surface area contributed by atoms with Crippen LogP contribution in [0, 0.1) is 5.92 Å². The van der Waals surface area contributed by atoms with E-state index in [0.29, 0.717) is 38.6 Å². The normalized spacial score (nSPS) is 17.4. The predicted octanol–water partition coefficient (Wildman–Crippen LogP) is -5.18. The van der Waals surface area contributed by atoms with Crippen molar-refractivity contribution in [1.29, 1.82) is 0 Å². The Bertz CT molecular complexity index is 1560. The van der Waals surface area contributed by atoms with Gasteiger partial charge in [0.15, 0.2) is 5.96 Å². The molecular weight excluding hydrogens is 802 g/mol. The second-order valence-corrected chi connectivity index (χ2v) is 15.1. The molecule has 1 saturated heterocycles. The van der Waals surface area contributed by atoms with Crippen LogP contribution in [0.1, 0.15) is 91.9 Å². The number of unbranched alkanes of at least 4 members (excludes halogenated alkanes) is 1. The van der Waals surface area contributed by atoms with Gasteiger partial charge in [0.05, 0.1) is 18.7 Å². The second kappa shape index (κ2) is 27.3. The number of hydrogen-bond donors (Lipinski definition) is 13. The molecule has 0 unspecified atom stereocenters. The van der Waals surface area contributed by atoms with E-state index in [4.69, 9.17) is 28.7 Å². The zero-order chi connectivity index (χ0) is 46.4. The minimum atomic E-state index is -1.62. The fourth-order valence-electron chi connectivity index (χ4n) is 6.21. The van der Waals surface area contributed by atoms with Crippen molar-refractivity contribution in [3.05, 3.63) is 0 Å². The lowest BCUT2D eigenvalue weighted by Crippen LogP contribution is -2.62. The number of likely N-dealkylation sites (tertiary alicyclic amines) is 1. The summed E-state index contributed by atoms with van der Waals surface area (Å²) in [6, 6.07) is -9.04. The predicted molar refractivity (Wildman–Crippen MR) is 221 cm³/mol. The van der Waals surface area contributed by atoms with E-state index >= 15 is 0 Å². The summed E-state index contributed by atoms with van der Waals surface area (Å²) in [6.45, 7) is 5.98. The number of aliphatic carboxylic acids is 1. The molecular formula is C37H67N13O11. The number of aliphatic imine (C=N–C) groups is 1. The Kier molecular flexibility index (Phi) is 23.9. The molecule has 0 spiro atoms. The van der Waals surface area contributed by atoms with E-state index in [0.717, 1.165) is 0 Å². The molecule has 24 heteroatoms. The van der Waals surface area contributed by atoms with Gasteiger partial charge < -0.3 is 75.7 Å². The number of carboxylic acid groups (broad SMARTS) is 1. The molecule has 0 saturated carbocycles. The fraction of sp³-hybridized carbons (Fsp3) is 0.730. The van der Waals surface area contributed by atoms with E-state index in [1.807, 2.05) is 0 Å². The smallest absolute Gasteiger partial charge is 0.325 e. The van der Waals surface area contributed by atoms with E-state index in [-0.39, 0.29) is 51.2 Å². The van der Waals surface area contributed by atoms with Crippen LogP contribution in [0.5, 0.6) is 0 Å². The van der Waals surface area contributed by atoms with Crippen LogP contribution in [0.4, 0.5) is 0 Å². The minimum Gasteiger partial charge on any atom is -0.480 e. The number of aliphatic hydroxyl groups excluding tert-OH is 1. The van der Waals surface area contributed by atoms with Crippen molar-refractivity contribution >= 4 is 59.2 Å². The van der Waals surface area contributed by atoms with Crippen molar-refractivity contribution < 1.29 is 53.4 Å². The third-order valence-electron chi connectivity index (χ3n) is 10.1. The highest BCUT2D eigenvalue weighted by Crippen LogP contribution is 2.18. The van der Waals surface area contributed by atoms with Gasteiger partial charge in [-0.05, 0) is 71.3 Å². The van der Waals surface area contributed by atoms with Gasteiger partial charge in [-0.15, -0.1) is 0 Å². The number of nitrogens with two attached hydrogens (primary N) is 5. The molecule has 9 atom stereocenters. The lowest BCUT2D eigenvalue weighted by molar-refractivity contribution is -0.142. The van der Waals surface area contributed by atoms with Gasteiger partial charge in [-0.25, -0.2) is 0 Å². The topological polar surface area (TPSA) is 412 Å². The molecule has 0 bridgehead atoms. The molecule has 0 radical (unpaired) electrons. The van der Waals surface area contributed by atoms with E-state index in [2.05, 4.69) is 36.9 Å². The van der Waals surface area contributed by atoms with Crippen LogP contribution in [-0.2, 0) is 43.2 Å². The highest BCUT2D eigenvalue weighted by Gasteiger charge is 2.38. The van der Waals surface area contributed by atoms with Crippen LogP contribution in [0.2, 0.25) is 0 Å². The number of rotatable bonds is 28. The number of guanidine groups is 1. The van der Waals surface area contributed by atoms with Gasteiger partial charge in [0.2, 0.25) is 47.3 Å². The van der Waals surface area contributed by atoms with E-state index in [1.165, 1.54) is 18.7 Å². The average Bonchev–Trinajstić information content (AvgIpc) is 3.70. The third kappa shape index (κ3) is 19.1. The molecule has 61 heavy (non-hydrogen) atoms. The second-order valence-electron chi connectivity index (χ2n) is 15.1. The summed E-state index contributed by atoms with van der Waals surface area (Å²) in [6.07, 6.45) is 0.586. The maximum atomic E-state index is 13.9. The SMILES string of the molecule is CC[C@H](C)[C@H](NC(=O)[C@H](CCC(N)=O)NC(=O)[C@H](CCCN=C(N)N)NC(=O)[C@@H]1CCCN1C(=O)CNC(=O)[C@@H](N)CCCCN)C(=O)N[C@H](C(=O)N[C@@H](C)C(=O)O)[C@@H](C)O. The number of carboxylic acids is 1. The Hall–Kier alpha value is -5.62. The van der Waals surface area contributed by atoms with Crippen LogP contribution in [0.3, 0.4) is 0 Å². The van der Waals surface area contributed by atoms with Crippen LogP contribution in [0.25, 0.3) is 0 Å². The van der Waals surface area contributed by atoms with Gasteiger partial charge in [0.25, 0.3) is 0 Å². The Labute approximate surface area is 355 Å². The number of primary amides is 1. The Morgan fingerprint density at radius 1 is 0.770 bits per heavy atom. The molecule has 1 rings (SSSR count). The fourth-order valence-corrected chi connectivity index (χ4v) is 6.21. The van der Waals surface area contributed by atoms with Gasteiger partial charge >= 0.3 is 5.97 Å². The summed E-state index contributed by atoms with van der Waals surface area (Å²) < 4.78 is 0. The quantitative estimate of drug-likeness (QED) is 0.0199. The first-order valence-electron chi connectivity index (χ1n) is 20.4. The van der Waals surface area contributed by atoms with Crippen molar-refractivity contribution in [3.8, 4) is 0 Å². The molecule has 0 aromatic rings. The van der Waals surface area contributed by atoms with Crippen molar-refractivity contribution in [2.24, 2.45) is 39.6 Å². The van der Waals surface area contributed by atoms with E-state index in [1.54, 1.807) is 13.8 Å². The van der Waals surface area contributed by atoms with Gasteiger partial charge in [-0.2, -0.15) is 0 Å². The van der Waals surface area contributed by atoms with Gasteiger partial charge in [0, 0.05) is 19.5 Å². The maximum Gasteiger partial charge on any atom is 0.325 e. The van der Waals surface area contributed by atoms with Crippen molar-refractivity contribution in [1.82, 2.24) is 36.8 Å². The standard InChI is InChI=1S/C37H67N13O11/c1-5-19(2)28(34(58)49-29(21(4)51)35(59)45-20(3)36(60)61)48-32(56)24(13-14-26(40)52)46-31(55)23(11-8-16-43-37(41)42)47-33(57)25-12-9-17-50(25)27(53)18-44-30(54)22(39)10-6-7-15-38/h19-25,28-29,51H,5-18,38-39H2,1-4H3,(H2,40,52)(H,44,54)(H,45,59)(H,46,55)(H,47,57)(H,48,56)(H,49,58)(H,60,61)(H4,41,42,43)/t19-,20-,21+,22-,23-,24-,25-,28-,29-/m0/s1. The lowest BCUT2D eigenvalue weighted by Gasteiger charge is -2.30. The first kappa shape index (κ1) is 53.4. The number of amides is 8. The third-order valence-corrected chi connectivity index (χ3v) is 10.1. The van der Waals surface area contributed by atoms with Crippen LogP contribution >= 0.6 is 0 Å². The van der Waals surface area contributed by atoms with Crippen LogP contribution in [-0.4, -0.2) is 149 Å². The Morgan fingerprint density at radius 3 is 1.95 bits per heavy atom. The molecule has 18 N–H and O–H groups in total. The van der Waals surface area contributed by atoms with Gasteiger partial charge in [0.1, 0.15) is 36.3 Å². The number of aliphatic hydroxyl groups is 1. The lowest BCUT2D eigenvalue weighted by atomic mass is 9.96. The summed E-state index contributed by atoms with van der Waals surface area (Å²) in [5, 5.41) is 34.2. The molecule has 1 aliphatic rings. The molecule has 0 aromatic carbocycles. The van der Waals surface area contributed by atoms with E-state index < -0.39 is 114 Å². The number of nitrogens with one attached hydrogen (secondary N) is 6. The number of carbonyl (C=O) groups is 9. The first-order valence-corrected chi connectivity index (χ1v) is 20.4. The Balaban J connectivity index is 3.30. The molecule has 8 amide bonds. The molecule has 1 aliphatic heterocycles. The summed E-state index contributed by atoms with van der Waals surface area (Å²) >= 11 is 0. The van der Waals surface area contributed by atoms with Gasteiger partial charge in [-0.3, -0.25) is 48.1 Å². The molecule has 1 heterocycles. The number of carbonyl (C=O) groups excluding carboxylic acids is 8.